The average molecular weight is 614 g/mol. The van der Waals surface area contributed by atoms with Crippen LogP contribution >= 0.6 is 23.2 Å². The summed E-state index contributed by atoms with van der Waals surface area (Å²) < 4.78 is 12.7. The van der Waals surface area contributed by atoms with Crippen LogP contribution in [0.15, 0.2) is 59.9 Å². The number of nitrogens with zero attached hydrogens (tertiary/aromatic N) is 3. The standard InChI is InChI=1S/C30H34Cl2N6O4/c1-29(2,3)41-27(39)36-26(37-28(40)42-30(4,5)6)34-13-14-38-24-10-8-18(35-19-7-9-22(31)23(32)16-19)15-21(24)20-11-12-33-17-25(20)38/h7-12,15-17,35H,13-14H2,1-6H3,(H2,34,36,37,39,40). The fourth-order valence-electron chi connectivity index (χ4n) is 4.18. The average Bonchev–Trinajstić information content (AvgIpc) is 3.17. The van der Waals surface area contributed by atoms with Crippen LogP contribution in [0.2, 0.25) is 10.0 Å². The number of ether oxygens (including phenoxy) is 2. The van der Waals surface area contributed by atoms with E-state index >= 15 is 0 Å². The van der Waals surface area contributed by atoms with E-state index in [1.807, 2.05) is 24.3 Å². The van der Waals surface area contributed by atoms with Gasteiger partial charge in [0.25, 0.3) is 0 Å². The molecule has 2 aromatic carbocycles. The van der Waals surface area contributed by atoms with Crippen molar-refractivity contribution in [3.05, 3.63) is 64.9 Å². The van der Waals surface area contributed by atoms with Crippen LogP contribution in [0.1, 0.15) is 41.5 Å². The number of rotatable bonds is 5. The van der Waals surface area contributed by atoms with Crippen LogP contribution in [-0.4, -0.2) is 45.4 Å². The molecule has 0 saturated heterocycles. The number of amides is 2. The van der Waals surface area contributed by atoms with Gasteiger partial charge in [-0.1, -0.05) is 23.2 Å². The van der Waals surface area contributed by atoms with Crippen molar-refractivity contribution in [2.75, 3.05) is 11.9 Å². The van der Waals surface area contributed by atoms with E-state index in [0.717, 1.165) is 33.2 Å². The molecule has 0 saturated carbocycles. The van der Waals surface area contributed by atoms with Crippen LogP contribution < -0.4 is 16.0 Å². The van der Waals surface area contributed by atoms with Gasteiger partial charge in [0, 0.05) is 40.4 Å². The molecule has 2 amide bonds. The van der Waals surface area contributed by atoms with Crippen molar-refractivity contribution < 1.29 is 19.1 Å². The molecule has 222 valence electrons. The maximum atomic E-state index is 12.4. The highest BCUT2D eigenvalue weighted by Crippen LogP contribution is 2.32. The minimum atomic E-state index is -0.750. The Bertz CT molecular complexity index is 1620. The van der Waals surface area contributed by atoms with Crippen molar-refractivity contribution in [1.82, 2.24) is 20.2 Å². The number of hydrogen-bond acceptors (Lipinski definition) is 7. The zero-order valence-electron chi connectivity index (χ0n) is 24.3. The van der Waals surface area contributed by atoms with Crippen LogP contribution in [0.4, 0.5) is 21.0 Å². The van der Waals surface area contributed by atoms with Crippen LogP contribution in [-0.2, 0) is 16.0 Å². The topological polar surface area (TPSA) is 119 Å². The molecule has 0 bridgehead atoms. The quantitative estimate of drug-likeness (QED) is 0.157. The minimum absolute atomic E-state index is 0.0782. The van der Waals surface area contributed by atoms with Gasteiger partial charge in [0.05, 0.1) is 28.3 Å². The zero-order chi connectivity index (χ0) is 30.7. The number of alkyl carbamates (subject to hydrolysis) is 2. The second-order valence-electron chi connectivity index (χ2n) is 11.5. The lowest BCUT2D eigenvalue weighted by Gasteiger charge is -2.22. The Morgan fingerprint density at radius 3 is 2.07 bits per heavy atom. The first-order valence-electron chi connectivity index (χ1n) is 13.3. The number of nitrogens with one attached hydrogen (secondary N) is 3. The van der Waals surface area contributed by atoms with E-state index in [1.165, 1.54) is 0 Å². The molecule has 0 aliphatic heterocycles. The van der Waals surface area contributed by atoms with Gasteiger partial charge in [-0.15, -0.1) is 0 Å². The second-order valence-corrected chi connectivity index (χ2v) is 12.3. The van der Waals surface area contributed by atoms with Gasteiger partial charge in [-0.25, -0.2) is 9.59 Å². The summed E-state index contributed by atoms with van der Waals surface area (Å²) in [5, 5.41) is 11.4. The maximum absolute atomic E-state index is 12.4. The third-order valence-electron chi connectivity index (χ3n) is 5.71. The van der Waals surface area contributed by atoms with E-state index in [1.54, 1.807) is 66.1 Å². The number of anilines is 2. The number of aliphatic imine (C=N–C) groups is 1. The molecule has 3 N–H and O–H groups in total. The molecule has 0 spiro atoms. The first-order chi connectivity index (χ1) is 19.7. The third-order valence-corrected chi connectivity index (χ3v) is 6.45. The Hall–Kier alpha value is -4.02. The van der Waals surface area contributed by atoms with E-state index in [9.17, 15) is 9.59 Å². The number of carbonyl (C=O) groups excluding carboxylic acids is 2. The van der Waals surface area contributed by atoms with Gasteiger partial charge in [-0.05, 0) is 84.0 Å². The summed E-state index contributed by atoms with van der Waals surface area (Å²) in [4.78, 5) is 33.6. The molecular formula is C30H34Cl2N6O4. The van der Waals surface area contributed by atoms with E-state index in [2.05, 4.69) is 36.6 Å². The van der Waals surface area contributed by atoms with Crippen molar-refractivity contribution >= 4 is 74.5 Å². The number of fused-ring (bicyclic) bond motifs is 3. The van der Waals surface area contributed by atoms with Crippen molar-refractivity contribution in [2.45, 2.75) is 59.3 Å². The number of halogens is 2. The lowest BCUT2D eigenvalue weighted by atomic mass is 10.1. The maximum Gasteiger partial charge on any atom is 0.414 e. The largest absolute Gasteiger partial charge is 0.444 e. The SMILES string of the molecule is CC(C)(C)OC(=O)NC(=NCCn1c2ccc(Nc3ccc(Cl)c(Cl)c3)cc2c2ccncc21)NC(=O)OC(C)(C)C. The van der Waals surface area contributed by atoms with Gasteiger partial charge in [-0.3, -0.25) is 20.6 Å². The highest BCUT2D eigenvalue weighted by atomic mass is 35.5. The molecule has 2 aromatic heterocycles. The molecular weight excluding hydrogens is 579 g/mol. The van der Waals surface area contributed by atoms with Gasteiger partial charge in [-0.2, -0.15) is 0 Å². The number of carbonyl (C=O) groups is 2. The molecule has 0 fully saturated rings. The molecule has 0 atom stereocenters. The number of benzene rings is 2. The third kappa shape index (κ3) is 8.27. The summed E-state index contributed by atoms with van der Waals surface area (Å²) in [6.45, 7) is 11.1. The molecule has 4 aromatic rings. The lowest BCUT2D eigenvalue weighted by molar-refractivity contribution is 0.0545. The van der Waals surface area contributed by atoms with E-state index < -0.39 is 23.4 Å². The van der Waals surface area contributed by atoms with Gasteiger partial charge < -0.3 is 19.4 Å². The number of pyridine rings is 1. The number of hydrogen-bond donors (Lipinski definition) is 3. The van der Waals surface area contributed by atoms with E-state index in [-0.39, 0.29) is 12.5 Å². The molecule has 4 rings (SSSR count). The summed E-state index contributed by atoms with van der Waals surface area (Å²) in [6, 6.07) is 13.4. The highest BCUT2D eigenvalue weighted by Gasteiger charge is 2.21. The second kappa shape index (κ2) is 12.5. The highest BCUT2D eigenvalue weighted by molar-refractivity contribution is 6.42. The molecule has 0 unspecified atom stereocenters. The van der Waals surface area contributed by atoms with Crippen molar-refractivity contribution in [3.63, 3.8) is 0 Å². The van der Waals surface area contributed by atoms with Gasteiger partial charge in [0.15, 0.2) is 0 Å². The van der Waals surface area contributed by atoms with E-state index in [4.69, 9.17) is 32.7 Å². The molecule has 10 nitrogen and oxygen atoms in total. The van der Waals surface area contributed by atoms with Crippen LogP contribution in [0.5, 0.6) is 0 Å². The minimum Gasteiger partial charge on any atom is -0.444 e. The summed E-state index contributed by atoms with van der Waals surface area (Å²) in [7, 11) is 0. The number of guanidine groups is 1. The Morgan fingerprint density at radius 1 is 0.833 bits per heavy atom. The smallest absolute Gasteiger partial charge is 0.414 e. The van der Waals surface area contributed by atoms with Crippen LogP contribution in [0, 0.1) is 0 Å². The molecule has 0 aliphatic rings. The monoisotopic (exact) mass is 612 g/mol. The fourth-order valence-corrected chi connectivity index (χ4v) is 4.48. The van der Waals surface area contributed by atoms with Gasteiger partial charge in [0.1, 0.15) is 11.2 Å². The Balaban J connectivity index is 1.60. The Labute approximate surface area is 254 Å². The Kier molecular flexibility index (Phi) is 9.18. The normalized spacial score (nSPS) is 11.7. The predicted molar refractivity (Wildman–Crippen MR) is 168 cm³/mol. The van der Waals surface area contributed by atoms with Gasteiger partial charge in [0.2, 0.25) is 5.96 Å². The van der Waals surface area contributed by atoms with Crippen molar-refractivity contribution in [2.24, 2.45) is 4.99 Å². The van der Waals surface area contributed by atoms with Crippen molar-refractivity contribution in [3.8, 4) is 0 Å². The summed E-state index contributed by atoms with van der Waals surface area (Å²) in [5.74, 6) is -0.0782. The zero-order valence-corrected chi connectivity index (χ0v) is 25.9. The first-order valence-corrected chi connectivity index (χ1v) is 14.1. The fraction of sp³-hybridized carbons (Fsp3) is 0.333. The molecule has 42 heavy (non-hydrogen) atoms. The molecule has 12 heteroatoms. The van der Waals surface area contributed by atoms with Crippen molar-refractivity contribution in [1.29, 1.82) is 0 Å². The summed E-state index contributed by atoms with van der Waals surface area (Å²) >= 11 is 12.2. The first kappa shape index (κ1) is 30.9. The molecule has 0 aliphatic carbocycles. The van der Waals surface area contributed by atoms with E-state index in [0.29, 0.717) is 16.6 Å². The number of aromatic nitrogens is 2. The Morgan fingerprint density at radius 2 is 1.45 bits per heavy atom. The predicted octanol–water partition coefficient (Wildman–Crippen LogP) is 7.65. The van der Waals surface area contributed by atoms with Crippen LogP contribution in [0.25, 0.3) is 21.8 Å². The lowest BCUT2D eigenvalue weighted by Crippen LogP contribution is -2.47. The van der Waals surface area contributed by atoms with Gasteiger partial charge >= 0.3 is 12.2 Å². The summed E-state index contributed by atoms with van der Waals surface area (Å²) in [5.41, 5.74) is 2.10. The summed E-state index contributed by atoms with van der Waals surface area (Å²) in [6.07, 6.45) is 2.04. The molecule has 2 heterocycles. The molecule has 0 radical (unpaired) electrons. The van der Waals surface area contributed by atoms with Crippen LogP contribution in [0.3, 0.4) is 0 Å².